The van der Waals surface area contributed by atoms with E-state index in [-0.39, 0.29) is 18.1 Å². The van der Waals surface area contributed by atoms with Gasteiger partial charge in [-0.3, -0.25) is 0 Å². The molecular formula is C9H19N3OS. The van der Waals surface area contributed by atoms with Crippen molar-refractivity contribution in [3.8, 4) is 0 Å². The number of thiocarbonyl (C=S) groups is 1. The van der Waals surface area contributed by atoms with Crippen LogP contribution in [0.2, 0.25) is 0 Å². The number of rotatable bonds is 4. The lowest BCUT2D eigenvalue weighted by molar-refractivity contribution is 0.190. The van der Waals surface area contributed by atoms with E-state index in [2.05, 4.69) is 5.32 Å². The van der Waals surface area contributed by atoms with Gasteiger partial charge in [0.2, 0.25) is 0 Å². The van der Waals surface area contributed by atoms with Gasteiger partial charge in [-0.05, 0) is 27.7 Å². The minimum atomic E-state index is -0.122. The summed E-state index contributed by atoms with van der Waals surface area (Å²) in [6, 6.07) is 0.0909. The fourth-order valence-corrected chi connectivity index (χ4v) is 1.13. The van der Waals surface area contributed by atoms with Crippen molar-refractivity contribution < 1.29 is 4.79 Å². The third-order valence-corrected chi connectivity index (χ3v) is 1.75. The van der Waals surface area contributed by atoms with Gasteiger partial charge in [0, 0.05) is 12.1 Å². The van der Waals surface area contributed by atoms with E-state index in [1.54, 1.807) is 4.90 Å². The summed E-state index contributed by atoms with van der Waals surface area (Å²) in [6.07, 6.45) is 0. The lowest BCUT2D eigenvalue weighted by Gasteiger charge is -2.27. The fourth-order valence-electron chi connectivity index (χ4n) is 0.987. The summed E-state index contributed by atoms with van der Waals surface area (Å²) in [7, 11) is 0. The first-order chi connectivity index (χ1) is 6.34. The summed E-state index contributed by atoms with van der Waals surface area (Å²) in [4.78, 5) is 13.6. The van der Waals surface area contributed by atoms with Crippen LogP contribution >= 0.6 is 12.2 Å². The Bertz CT molecular complexity index is 216. The zero-order valence-electron chi connectivity index (χ0n) is 9.20. The number of nitrogens with zero attached hydrogens (tertiary/aromatic N) is 1. The van der Waals surface area contributed by atoms with Gasteiger partial charge in [0.1, 0.15) is 0 Å². The first kappa shape index (κ1) is 13.2. The monoisotopic (exact) mass is 217 g/mol. The standard InChI is InChI=1S/C9H19N3OS/c1-6(2)11-9(13)12(7(3)4)5-8(10)14/h6-7H,5H2,1-4H3,(H2,10,14)(H,11,13). The summed E-state index contributed by atoms with van der Waals surface area (Å²) in [5, 5.41) is 2.80. The Morgan fingerprint density at radius 1 is 1.43 bits per heavy atom. The van der Waals surface area contributed by atoms with Crippen LogP contribution in [0.3, 0.4) is 0 Å². The fraction of sp³-hybridized carbons (Fsp3) is 0.778. The van der Waals surface area contributed by atoms with Crippen molar-refractivity contribution in [1.82, 2.24) is 10.2 Å². The molecule has 3 N–H and O–H groups in total. The number of hydrogen-bond acceptors (Lipinski definition) is 2. The molecule has 0 aliphatic carbocycles. The highest BCUT2D eigenvalue weighted by Gasteiger charge is 2.17. The Balaban J connectivity index is 4.33. The molecule has 0 aromatic carbocycles. The van der Waals surface area contributed by atoms with Gasteiger partial charge >= 0.3 is 6.03 Å². The first-order valence-electron chi connectivity index (χ1n) is 4.70. The minimum absolute atomic E-state index is 0.0928. The molecule has 0 aliphatic rings. The molecule has 0 saturated carbocycles. The molecule has 0 fully saturated rings. The van der Waals surface area contributed by atoms with Crippen molar-refractivity contribution in [2.24, 2.45) is 5.73 Å². The average molecular weight is 217 g/mol. The van der Waals surface area contributed by atoms with Crippen LogP contribution < -0.4 is 11.1 Å². The maximum atomic E-state index is 11.6. The Hall–Kier alpha value is -0.840. The van der Waals surface area contributed by atoms with Gasteiger partial charge in [-0.25, -0.2) is 4.79 Å². The normalized spacial score (nSPS) is 10.4. The molecule has 14 heavy (non-hydrogen) atoms. The van der Waals surface area contributed by atoms with E-state index < -0.39 is 0 Å². The maximum absolute atomic E-state index is 11.6. The van der Waals surface area contributed by atoms with Gasteiger partial charge in [-0.15, -0.1) is 0 Å². The van der Waals surface area contributed by atoms with Crippen LogP contribution in [0.15, 0.2) is 0 Å². The molecule has 0 spiro atoms. The van der Waals surface area contributed by atoms with Crippen LogP contribution in [0, 0.1) is 0 Å². The molecule has 0 unspecified atom stereocenters. The van der Waals surface area contributed by atoms with Crippen LogP contribution in [-0.2, 0) is 0 Å². The van der Waals surface area contributed by atoms with Gasteiger partial charge in [-0.1, -0.05) is 12.2 Å². The van der Waals surface area contributed by atoms with E-state index in [1.807, 2.05) is 27.7 Å². The van der Waals surface area contributed by atoms with Gasteiger partial charge in [0.15, 0.2) is 0 Å². The van der Waals surface area contributed by atoms with Crippen LogP contribution in [0.4, 0.5) is 4.79 Å². The van der Waals surface area contributed by atoms with Crippen molar-refractivity contribution >= 4 is 23.2 Å². The Kier molecular flexibility index (Phi) is 5.45. The summed E-state index contributed by atoms with van der Waals surface area (Å²) in [5.41, 5.74) is 5.41. The molecule has 0 saturated heterocycles. The number of carbonyl (C=O) groups excluding carboxylic acids is 1. The van der Waals surface area contributed by atoms with Gasteiger partial charge in [-0.2, -0.15) is 0 Å². The smallest absolute Gasteiger partial charge is 0.318 e. The highest BCUT2D eigenvalue weighted by atomic mass is 32.1. The molecule has 4 nitrogen and oxygen atoms in total. The predicted octanol–water partition coefficient (Wildman–Crippen LogP) is 1.10. The van der Waals surface area contributed by atoms with Gasteiger partial charge < -0.3 is 16.0 Å². The Morgan fingerprint density at radius 2 is 1.93 bits per heavy atom. The van der Waals surface area contributed by atoms with Crippen molar-refractivity contribution in [3.05, 3.63) is 0 Å². The second-order valence-electron chi connectivity index (χ2n) is 3.79. The van der Waals surface area contributed by atoms with Crippen molar-refractivity contribution in [1.29, 1.82) is 0 Å². The summed E-state index contributed by atoms with van der Waals surface area (Å²) in [6.45, 7) is 8.01. The lowest BCUT2D eigenvalue weighted by Crippen LogP contribution is -2.49. The number of hydrogen-bond donors (Lipinski definition) is 2. The van der Waals surface area contributed by atoms with Crippen molar-refractivity contribution in [3.63, 3.8) is 0 Å². The number of amides is 2. The molecule has 0 rings (SSSR count). The molecule has 0 aliphatic heterocycles. The third-order valence-electron chi connectivity index (χ3n) is 1.62. The summed E-state index contributed by atoms with van der Waals surface area (Å²) < 4.78 is 0. The molecule has 0 heterocycles. The molecule has 0 bridgehead atoms. The predicted molar refractivity (Wildman–Crippen MR) is 62.3 cm³/mol. The van der Waals surface area contributed by atoms with E-state index in [0.717, 1.165) is 0 Å². The quantitative estimate of drug-likeness (QED) is 0.693. The third kappa shape index (κ3) is 5.01. The van der Waals surface area contributed by atoms with E-state index in [0.29, 0.717) is 11.5 Å². The Morgan fingerprint density at radius 3 is 2.21 bits per heavy atom. The zero-order valence-corrected chi connectivity index (χ0v) is 10.0. The van der Waals surface area contributed by atoms with Crippen LogP contribution in [0.5, 0.6) is 0 Å². The van der Waals surface area contributed by atoms with E-state index in [9.17, 15) is 4.79 Å². The number of nitrogens with one attached hydrogen (secondary N) is 1. The van der Waals surface area contributed by atoms with Crippen molar-refractivity contribution in [2.75, 3.05) is 6.54 Å². The van der Waals surface area contributed by atoms with Gasteiger partial charge in [0.25, 0.3) is 0 Å². The molecule has 0 radical (unpaired) electrons. The summed E-state index contributed by atoms with van der Waals surface area (Å²) in [5.74, 6) is 0. The van der Waals surface area contributed by atoms with Crippen LogP contribution in [0.1, 0.15) is 27.7 Å². The van der Waals surface area contributed by atoms with Crippen LogP contribution in [0.25, 0.3) is 0 Å². The molecule has 0 aromatic rings. The Labute approximate surface area is 90.8 Å². The molecule has 0 atom stereocenters. The topological polar surface area (TPSA) is 58.4 Å². The molecule has 0 aromatic heterocycles. The largest absolute Gasteiger partial charge is 0.392 e. The number of urea groups is 1. The molecule has 2 amide bonds. The lowest BCUT2D eigenvalue weighted by atomic mass is 10.3. The molecule has 5 heteroatoms. The summed E-state index contributed by atoms with van der Waals surface area (Å²) >= 11 is 4.78. The van der Waals surface area contributed by atoms with Gasteiger partial charge in [0.05, 0.1) is 11.5 Å². The number of nitrogens with two attached hydrogens (primary N) is 1. The SMILES string of the molecule is CC(C)NC(=O)N(CC(N)=S)C(C)C. The first-order valence-corrected chi connectivity index (χ1v) is 5.10. The van der Waals surface area contributed by atoms with E-state index in [1.165, 1.54) is 0 Å². The molecular weight excluding hydrogens is 198 g/mol. The molecule has 82 valence electrons. The van der Waals surface area contributed by atoms with Crippen LogP contribution in [-0.4, -0.2) is 34.5 Å². The zero-order chi connectivity index (χ0) is 11.3. The van der Waals surface area contributed by atoms with E-state index in [4.69, 9.17) is 18.0 Å². The van der Waals surface area contributed by atoms with E-state index >= 15 is 0 Å². The highest BCUT2D eigenvalue weighted by molar-refractivity contribution is 7.80. The minimum Gasteiger partial charge on any atom is -0.392 e. The average Bonchev–Trinajstić information content (AvgIpc) is 1.97. The second-order valence-corrected chi connectivity index (χ2v) is 4.32. The highest BCUT2D eigenvalue weighted by Crippen LogP contribution is 1.99. The maximum Gasteiger partial charge on any atom is 0.318 e. The van der Waals surface area contributed by atoms with Crippen molar-refractivity contribution in [2.45, 2.75) is 39.8 Å². The number of carbonyl (C=O) groups is 1. The second kappa shape index (κ2) is 5.80.